The Hall–Kier alpha value is -1.99. The van der Waals surface area contributed by atoms with Crippen LogP contribution in [0.3, 0.4) is 0 Å². The largest absolute Gasteiger partial charge is 0.474 e. The van der Waals surface area contributed by atoms with Crippen molar-refractivity contribution >= 4 is 0 Å². The first kappa shape index (κ1) is 18.8. The molecule has 0 spiro atoms. The van der Waals surface area contributed by atoms with Crippen LogP contribution in [0.15, 0.2) is 54.7 Å². The second kappa shape index (κ2) is 8.60. The van der Waals surface area contributed by atoms with Gasteiger partial charge in [-0.25, -0.2) is 4.98 Å². The lowest BCUT2D eigenvalue weighted by Gasteiger charge is -2.37. The molecule has 1 aromatic carbocycles. The second-order valence-corrected chi connectivity index (χ2v) is 6.61. The van der Waals surface area contributed by atoms with Crippen LogP contribution in [-0.4, -0.2) is 47.3 Å². The minimum Gasteiger partial charge on any atom is -0.474 e. The zero-order valence-corrected chi connectivity index (χ0v) is 15.0. The van der Waals surface area contributed by atoms with Crippen molar-refractivity contribution in [2.45, 2.75) is 43.8 Å². The third-order valence-electron chi connectivity index (χ3n) is 4.48. The number of aliphatic hydroxyl groups excluding tert-OH is 1. The first-order chi connectivity index (χ1) is 12.6. The number of hydrogen-bond acceptors (Lipinski definition) is 6. The molecule has 3 N–H and O–H groups in total. The molecule has 1 aromatic heterocycles. The minimum absolute atomic E-state index is 0.262. The van der Waals surface area contributed by atoms with E-state index in [2.05, 4.69) is 4.98 Å². The number of pyridine rings is 1. The number of benzene rings is 1. The molecule has 2 heterocycles. The molecule has 1 aliphatic rings. The van der Waals surface area contributed by atoms with Crippen molar-refractivity contribution in [3.63, 3.8) is 0 Å². The van der Waals surface area contributed by atoms with Gasteiger partial charge < -0.3 is 25.1 Å². The van der Waals surface area contributed by atoms with Crippen molar-refractivity contribution in [1.29, 1.82) is 0 Å². The van der Waals surface area contributed by atoms with E-state index >= 15 is 0 Å². The Morgan fingerprint density at radius 1 is 1.15 bits per heavy atom. The fourth-order valence-electron chi connectivity index (χ4n) is 3.27. The summed E-state index contributed by atoms with van der Waals surface area (Å²) in [5.74, 6) is -0.640. The quantitative estimate of drug-likeness (QED) is 0.750. The fraction of sp³-hybridized carbons (Fsp3) is 0.450. The number of rotatable bonds is 8. The molecule has 26 heavy (non-hydrogen) atoms. The van der Waals surface area contributed by atoms with E-state index in [9.17, 15) is 5.11 Å². The van der Waals surface area contributed by atoms with Crippen molar-refractivity contribution in [2.75, 3.05) is 13.2 Å². The molecule has 1 aliphatic heterocycles. The maximum Gasteiger partial charge on any atom is 0.213 e. The zero-order chi connectivity index (χ0) is 18.4. The predicted molar refractivity (Wildman–Crippen MR) is 97.7 cm³/mol. The molecule has 140 valence electrons. The van der Waals surface area contributed by atoms with Gasteiger partial charge in [-0.3, -0.25) is 0 Å². The average Bonchev–Trinajstić information content (AvgIpc) is 3.12. The van der Waals surface area contributed by atoms with E-state index in [-0.39, 0.29) is 6.10 Å². The Balaban J connectivity index is 1.66. The van der Waals surface area contributed by atoms with Crippen molar-refractivity contribution in [3.8, 4) is 5.88 Å². The summed E-state index contributed by atoms with van der Waals surface area (Å²) in [6.07, 6.45) is 1.33. The standard InChI is InChI=1S/C20H26N2O4/c1-15(26-18-9-5-6-10-22-18)14-20(24-11-12-25-20)19(23)17(21)13-16-7-3-2-4-8-16/h2-10,15,17,19,23H,11-14,21H2,1H3. The van der Waals surface area contributed by atoms with Crippen LogP contribution in [0.25, 0.3) is 0 Å². The third-order valence-corrected chi connectivity index (χ3v) is 4.48. The summed E-state index contributed by atoms with van der Waals surface area (Å²) in [6, 6.07) is 14.8. The summed E-state index contributed by atoms with van der Waals surface area (Å²) in [6.45, 7) is 2.74. The predicted octanol–water partition coefficient (Wildman–Crippen LogP) is 1.91. The van der Waals surface area contributed by atoms with Crippen molar-refractivity contribution in [3.05, 3.63) is 60.3 Å². The zero-order valence-electron chi connectivity index (χ0n) is 15.0. The highest BCUT2D eigenvalue weighted by Crippen LogP contribution is 2.32. The second-order valence-electron chi connectivity index (χ2n) is 6.61. The van der Waals surface area contributed by atoms with E-state index in [1.807, 2.05) is 49.4 Å². The van der Waals surface area contributed by atoms with E-state index in [0.29, 0.717) is 31.9 Å². The van der Waals surface area contributed by atoms with E-state index in [1.165, 1.54) is 0 Å². The van der Waals surface area contributed by atoms with Gasteiger partial charge in [0.1, 0.15) is 12.2 Å². The smallest absolute Gasteiger partial charge is 0.213 e. The third kappa shape index (κ3) is 4.59. The molecule has 0 saturated carbocycles. The Labute approximate surface area is 153 Å². The van der Waals surface area contributed by atoms with Crippen LogP contribution in [0.1, 0.15) is 18.9 Å². The highest BCUT2D eigenvalue weighted by atomic mass is 16.7. The maximum absolute atomic E-state index is 10.9. The number of nitrogens with two attached hydrogens (primary N) is 1. The van der Waals surface area contributed by atoms with Gasteiger partial charge in [0.25, 0.3) is 0 Å². The van der Waals surface area contributed by atoms with Gasteiger partial charge in [0.05, 0.1) is 13.2 Å². The van der Waals surface area contributed by atoms with Gasteiger partial charge in [-0.1, -0.05) is 36.4 Å². The molecule has 0 aliphatic carbocycles. The maximum atomic E-state index is 10.9. The molecule has 3 atom stereocenters. The molecule has 3 rings (SSSR count). The van der Waals surface area contributed by atoms with Crippen molar-refractivity contribution in [2.24, 2.45) is 5.73 Å². The lowest BCUT2D eigenvalue weighted by molar-refractivity contribution is -0.236. The molecule has 1 saturated heterocycles. The number of aromatic nitrogens is 1. The molecule has 0 bridgehead atoms. The number of ether oxygens (including phenoxy) is 3. The normalized spacial score (nSPS) is 19.7. The van der Waals surface area contributed by atoms with E-state index in [4.69, 9.17) is 19.9 Å². The number of nitrogens with zero attached hydrogens (tertiary/aromatic N) is 1. The molecule has 1 fully saturated rings. The van der Waals surface area contributed by atoms with Gasteiger partial charge in [0.15, 0.2) is 5.79 Å². The summed E-state index contributed by atoms with van der Waals surface area (Å²) < 4.78 is 17.5. The Kier molecular flexibility index (Phi) is 6.21. The fourth-order valence-corrected chi connectivity index (χ4v) is 3.27. The van der Waals surface area contributed by atoms with Crippen molar-refractivity contribution < 1.29 is 19.3 Å². The van der Waals surface area contributed by atoms with E-state index < -0.39 is 17.9 Å². The highest BCUT2D eigenvalue weighted by molar-refractivity contribution is 5.16. The Bertz CT molecular complexity index is 662. The topological polar surface area (TPSA) is 86.8 Å². The monoisotopic (exact) mass is 358 g/mol. The van der Waals surface area contributed by atoms with Crippen molar-refractivity contribution in [1.82, 2.24) is 4.98 Å². The van der Waals surface area contributed by atoms with Crippen LogP contribution in [0.5, 0.6) is 5.88 Å². The molecule has 0 radical (unpaired) electrons. The average molecular weight is 358 g/mol. The molecular weight excluding hydrogens is 332 g/mol. The van der Waals surface area contributed by atoms with Crippen LogP contribution in [0, 0.1) is 0 Å². The summed E-state index contributed by atoms with van der Waals surface area (Å²) >= 11 is 0. The number of aliphatic hydroxyl groups is 1. The summed E-state index contributed by atoms with van der Waals surface area (Å²) in [5, 5.41) is 10.9. The van der Waals surface area contributed by atoms with Gasteiger partial charge in [-0.15, -0.1) is 0 Å². The Morgan fingerprint density at radius 2 is 1.85 bits per heavy atom. The number of hydrogen-bond donors (Lipinski definition) is 2. The van der Waals surface area contributed by atoms with Crippen LogP contribution in [0.4, 0.5) is 0 Å². The lowest BCUT2D eigenvalue weighted by Crippen LogP contribution is -2.55. The van der Waals surface area contributed by atoms with E-state index in [1.54, 1.807) is 12.3 Å². The first-order valence-corrected chi connectivity index (χ1v) is 8.92. The van der Waals surface area contributed by atoms with E-state index in [0.717, 1.165) is 5.56 Å². The molecule has 6 nitrogen and oxygen atoms in total. The molecule has 2 aromatic rings. The van der Waals surface area contributed by atoms with Crippen LogP contribution >= 0.6 is 0 Å². The van der Waals surface area contributed by atoms with Gasteiger partial charge in [-0.2, -0.15) is 0 Å². The lowest BCUT2D eigenvalue weighted by atomic mass is 9.93. The summed E-state index contributed by atoms with van der Waals surface area (Å²) in [4.78, 5) is 4.16. The van der Waals surface area contributed by atoms with Gasteiger partial charge in [0.2, 0.25) is 5.88 Å². The van der Waals surface area contributed by atoms with Crippen LogP contribution in [0.2, 0.25) is 0 Å². The minimum atomic E-state index is -1.16. The summed E-state index contributed by atoms with van der Waals surface area (Å²) in [5.41, 5.74) is 7.34. The molecule has 6 heteroatoms. The SMILES string of the molecule is CC(CC1(C(O)C(N)Cc2ccccc2)OCCO1)Oc1ccccn1. The Morgan fingerprint density at radius 3 is 2.50 bits per heavy atom. The first-order valence-electron chi connectivity index (χ1n) is 8.92. The van der Waals surface area contributed by atoms with Gasteiger partial charge >= 0.3 is 0 Å². The van der Waals surface area contributed by atoms with Crippen LogP contribution in [-0.2, 0) is 15.9 Å². The molecule has 0 amide bonds. The van der Waals surface area contributed by atoms with Crippen LogP contribution < -0.4 is 10.5 Å². The summed E-state index contributed by atoms with van der Waals surface area (Å²) in [7, 11) is 0. The van der Waals surface area contributed by atoms with Gasteiger partial charge in [-0.05, 0) is 25.0 Å². The molecular formula is C20H26N2O4. The van der Waals surface area contributed by atoms with Gasteiger partial charge in [0, 0.05) is 24.7 Å². The molecule has 3 unspecified atom stereocenters. The highest BCUT2D eigenvalue weighted by Gasteiger charge is 2.47.